The van der Waals surface area contributed by atoms with Crippen molar-refractivity contribution in [2.24, 2.45) is 5.73 Å². The van der Waals surface area contributed by atoms with Gasteiger partial charge in [0, 0.05) is 12.0 Å². The number of benzene rings is 1. The van der Waals surface area contributed by atoms with Crippen molar-refractivity contribution in [3.63, 3.8) is 0 Å². The van der Waals surface area contributed by atoms with E-state index >= 15 is 0 Å². The highest BCUT2D eigenvalue weighted by Gasteiger charge is 2.32. The fourth-order valence-electron chi connectivity index (χ4n) is 3.76. The van der Waals surface area contributed by atoms with Gasteiger partial charge < -0.3 is 26.2 Å². The number of urea groups is 1. The van der Waals surface area contributed by atoms with Crippen LogP contribution in [0, 0.1) is 0 Å². The molecule has 148 valence electrons. The Kier molecular flexibility index (Phi) is 5.86. The molecular weight excluding hydrogens is 348 g/mol. The molecule has 1 aromatic carbocycles. The molecule has 0 bridgehead atoms. The zero-order valence-corrected chi connectivity index (χ0v) is 15.6. The van der Waals surface area contributed by atoms with Gasteiger partial charge in [-0.2, -0.15) is 0 Å². The van der Waals surface area contributed by atoms with E-state index in [2.05, 4.69) is 16.0 Å². The van der Waals surface area contributed by atoms with E-state index in [-0.39, 0.29) is 12.1 Å². The molecule has 1 fully saturated rings. The molecule has 0 spiro atoms. The van der Waals surface area contributed by atoms with Crippen LogP contribution in [0.3, 0.4) is 0 Å². The van der Waals surface area contributed by atoms with Crippen molar-refractivity contribution < 1.29 is 19.4 Å². The van der Waals surface area contributed by atoms with E-state index in [1.807, 2.05) is 6.92 Å². The summed E-state index contributed by atoms with van der Waals surface area (Å²) in [6.45, 7) is 1.99. The molecule has 1 atom stereocenters. The number of hydrogen-bond donors (Lipinski definition) is 5. The first kappa shape index (κ1) is 19.4. The number of fused-ring (bicyclic) bond motifs is 1. The minimum absolute atomic E-state index is 0.117. The number of primary amides is 1. The molecule has 1 aliphatic carbocycles. The number of hydrogen-bond acceptors (Lipinski definition) is 5. The fourth-order valence-corrected chi connectivity index (χ4v) is 3.76. The van der Waals surface area contributed by atoms with Crippen LogP contribution >= 0.6 is 0 Å². The quantitative estimate of drug-likeness (QED) is 0.488. The summed E-state index contributed by atoms with van der Waals surface area (Å²) < 4.78 is 6.16. The Morgan fingerprint density at radius 1 is 1.33 bits per heavy atom. The predicted molar refractivity (Wildman–Crippen MR) is 102 cm³/mol. The maximum atomic E-state index is 11.8. The molecule has 8 heteroatoms. The largest absolute Gasteiger partial charge is 0.475 e. The van der Waals surface area contributed by atoms with E-state index in [9.17, 15) is 14.7 Å². The van der Waals surface area contributed by atoms with Gasteiger partial charge in [0.2, 0.25) is 5.91 Å². The second kappa shape index (κ2) is 8.14. The number of carbonyl (C=O) groups excluding carboxylic acids is 2. The summed E-state index contributed by atoms with van der Waals surface area (Å²) in [5.74, 6) is 0.507. The molecule has 0 saturated heterocycles. The second-order valence-electron chi connectivity index (χ2n) is 7.25. The average Bonchev–Trinajstić information content (AvgIpc) is 2.63. The lowest BCUT2D eigenvalue weighted by atomic mass is 9.91. The van der Waals surface area contributed by atoms with Gasteiger partial charge in [0.15, 0.2) is 6.23 Å². The van der Waals surface area contributed by atoms with Gasteiger partial charge in [-0.15, -0.1) is 0 Å². The molecule has 1 aromatic rings. The molecule has 1 unspecified atom stereocenters. The summed E-state index contributed by atoms with van der Waals surface area (Å²) in [6, 6.07) is 2.72. The van der Waals surface area contributed by atoms with Crippen molar-refractivity contribution >= 4 is 23.3 Å². The Labute approximate surface area is 158 Å². The Bertz CT molecular complexity index is 716. The van der Waals surface area contributed by atoms with Crippen LogP contribution < -0.4 is 26.4 Å². The van der Waals surface area contributed by atoms with E-state index in [1.165, 1.54) is 0 Å². The van der Waals surface area contributed by atoms with Crippen LogP contribution in [0.4, 0.5) is 16.2 Å². The number of nitrogens with one attached hydrogen (secondary N) is 3. The summed E-state index contributed by atoms with van der Waals surface area (Å²) in [4.78, 5) is 23.0. The lowest BCUT2D eigenvalue weighted by molar-refractivity contribution is -0.116. The smallest absolute Gasteiger partial charge is 0.316 e. The molecule has 1 saturated carbocycles. The van der Waals surface area contributed by atoms with E-state index in [0.29, 0.717) is 49.2 Å². The van der Waals surface area contributed by atoms with E-state index in [0.717, 1.165) is 24.8 Å². The van der Waals surface area contributed by atoms with Gasteiger partial charge >= 0.3 is 6.03 Å². The lowest BCUT2D eigenvalue weighted by Gasteiger charge is -2.36. The first-order valence-electron chi connectivity index (χ1n) is 9.59. The highest BCUT2D eigenvalue weighted by Crippen LogP contribution is 2.38. The highest BCUT2D eigenvalue weighted by atomic mass is 16.5. The SMILES string of the molecule is CCC(NC1(O)CCCCC1)Oc1ccc(NC(N)=O)c2c1CCC(=O)N2. The Hall–Kier alpha value is -2.32. The molecule has 2 aliphatic rings. The van der Waals surface area contributed by atoms with Gasteiger partial charge in [-0.05, 0) is 50.7 Å². The van der Waals surface area contributed by atoms with Crippen molar-refractivity contribution in [2.75, 3.05) is 10.6 Å². The van der Waals surface area contributed by atoms with Crippen LogP contribution in [0.1, 0.15) is 57.4 Å². The first-order chi connectivity index (χ1) is 12.9. The first-order valence-corrected chi connectivity index (χ1v) is 9.59. The third-order valence-corrected chi connectivity index (χ3v) is 5.14. The number of aliphatic hydroxyl groups is 1. The number of rotatable bonds is 6. The van der Waals surface area contributed by atoms with Crippen LogP contribution in [-0.4, -0.2) is 29.0 Å². The maximum absolute atomic E-state index is 11.8. The third kappa shape index (κ3) is 4.70. The standard InChI is InChI=1S/C19H28N4O4/c1-2-16(23-19(26)10-4-3-5-11-19)27-14-8-7-13(21-18(20)25)17-12(14)6-9-15(24)22-17/h7-8,16,23,26H,2-6,9-11H2,1H3,(H,22,24)(H3,20,21,25). The molecule has 1 aliphatic heterocycles. The minimum atomic E-state index is -0.902. The number of nitrogens with two attached hydrogens (primary N) is 1. The molecule has 0 aromatic heterocycles. The number of anilines is 2. The van der Waals surface area contributed by atoms with E-state index in [1.54, 1.807) is 12.1 Å². The monoisotopic (exact) mass is 376 g/mol. The van der Waals surface area contributed by atoms with Gasteiger partial charge in [-0.1, -0.05) is 13.3 Å². The van der Waals surface area contributed by atoms with Crippen molar-refractivity contribution in [2.45, 2.75) is 70.2 Å². The molecule has 3 amide bonds. The molecule has 8 nitrogen and oxygen atoms in total. The zero-order valence-electron chi connectivity index (χ0n) is 15.6. The van der Waals surface area contributed by atoms with Crippen LogP contribution in [0.5, 0.6) is 5.75 Å². The molecule has 6 N–H and O–H groups in total. The van der Waals surface area contributed by atoms with Crippen LogP contribution in [-0.2, 0) is 11.2 Å². The molecule has 3 rings (SSSR count). The van der Waals surface area contributed by atoms with Gasteiger partial charge in [0.1, 0.15) is 11.5 Å². The molecule has 0 radical (unpaired) electrons. The van der Waals surface area contributed by atoms with Gasteiger partial charge in [0.25, 0.3) is 0 Å². The summed E-state index contributed by atoms with van der Waals surface area (Å²) in [5.41, 5.74) is 6.10. The van der Waals surface area contributed by atoms with Crippen LogP contribution in [0.2, 0.25) is 0 Å². The van der Waals surface area contributed by atoms with Crippen LogP contribution in [0.25, 0.3) is 0 Å². The normalized spacial score (nSPS) is 19.6. The fraction of sp³-hybridized carbons (Fsp3) is 0.579. The number of ether oxygens (including phenoxy) is 1. The van der Waals surface area contributed by atoms with E-state index in [4.69, 9.17) is 10.5 Å². The maximum Gasteiger partial charge on any atom is 0.316 e. The summed E-state index contributed by atoms with van der Waals surface area (Å²) >= 11 is 0. The topological polar surface area (TPSA) is 126 Å². The average molecular weight is 376 g/mol. The highest BCUT2D eigenvalue weighted by molar-refractivity contribution is 6.02. The Balaban J connectivity index is 1.81. The minimum Gasteiger partial charge on any atom is -0.475 e. The molecular formula is C19H28N4O4. The number of amides is 3. The lowest BCUT2D eigenvalue weighted by Crippen LogP contribution is -2.53. The third-order valence-electron chi connectivity index (χ3n) is 5.14. The van der Waals surface area contributed by atoms with Crippen LogP contribution in [0.15, 0.2) is 12.1 Å². The Morgan fingerprint density at radius 2 is 2.07 bits per heavy atom. The Morgan fingerprint density at radius 3 is 2.74 bits per heavy atom. The second-order valence-corrected chi connectivity index (χ2v) is 7.25. The molecule has 1 heterocycles. The van der Waals surface area contributed by atoms with Gasteiger partial charge in [-0.25, -0.2) is 4.79 Å². The van der Waals surface area contributed by atoms with Crippen molar-refractivity contribution in [3.8, 4) is 5.75 Å². The zero-order chi connectivity index (χ0) is 19.4. The predicted octanol–water partition coefficient (Wildman–Crippen LogP) is 2.42. The van der Waals surface area contributed by atoms with Crippen molar-refractivity contribution in [3.05, 3.63) is 17.7 Å². The molecule has 27 heavy (non-hydrogen) atoms. The van der Waals surface area contributed by atoms with Crippen molar-refractivity contribution in [1.29, 1.82) is 0 Å². The summed E-state index contributed by atoms with van der Waals surface area (Å²) in [5, 5.41) is 19.3. The summed E-state index contributed by atoms with van der Waals surface area (Å²) in [7, 11) is 0. The van der Waals surface area contributed by atoms with Crippen molar-refractivity contribution in [1.82, 2.24) is 5.32 Å². The van der Waals surface area contributed by atoms with Gasteiger partial charge in [0.05, 0.1) is 11.4 Å². The van der Waals surface area contributed by atoms with E-state index < -0.39 is 11.8 Å². The van der Waals surface area contributed by atoms with Gasteiger partial charge in [-0.3, -0.25) is 10.1 Å². The summed E-state index contributed by atoms with van der Waals surface area (Å²) in [6.07, 6.45) is 5.72. The number of carbonyl (C=O) groups is 2.